The van der Waals surface area contributed by atoms with Gasteiger partial charge in [0.25, 0.3) is 0 Å². The summed E-state index contributed by atoms with van der Waals surface area (Å²) < 4.78 is 1.47. The molecule has 5 aromatic carbocycles. The van der Waals surface area contributed by atoms with E-state index < -0.39 is 0 Å². The van der Waals surface area contributed by atoms with Crippen LogP contribution in [0.3, 0.4) is 0 Å². The number of halogens is 2. The van der Waals surface area contributed by atoms with E-state index in [0.29, 0.717) is 0 Å². The Bertz CT molecular complexity index is 2500. The minimum atomic E-state index is -0.0618. The molecule has 0 spiro atoms. The predicted molar refractivity (Wildman–Crippen MR) is 223 cm³/mol. The molecule has 0 bridgehead atoms. The molecule has 1 unspecified atom stereocenters. The van der Waals surface area contributed by atoms with Gasteiger partial charge in [-0.3, -0.25) is 0 Å². The van der Waals surface area contributed by atoms with Gasteiger partial charge in [-0.05, 0) is 0 Å². The summed E-state index contributed by atoms with van der Waals surface area (Å²) in [6.45, 7) is 14.3. The third-order valence-corrected chi connectivity index (χ3v) is 12.3. The third-order valence-electron chi connectivity index (χ3n) is 11.0. The Morgan fingerprint density at radius 1 is 0.545 bits per heavy atom. The molecule has 0 N–H and O–H groups in total. The maximum absolute atomic E-state index is 2.52. The first-order valence-electron chi connectivity index (χ1n) is 18.9. The summed E-state index contributed by atoms with van der Waals surface area (Å²) in [6.07, 6.45) is 12.9. The topological polar surface area (TPSA) is 0 Å². The van der Waals surface area contributed by atoms with Crippen LogP contribution in [0.15, 0.2) is 173 Å². The van der Waals surface area contributed by atoms with Gasteiger partial charge in [0.05, 0.1) is 0 Å². The van der Waals surface area contributed by atoms with E-state index in [0.717, 1.165) is 6.42 Å². The normalized spacial score (nSPS) is 17.9. The van der Waals surface area contributed by atoms with E-state index in [-0.39, 0.29) is 41.6 Å². The summed E-state index contributed by atoms with van der Waals surface area (Å²) in [6, 6.07) is 47.1. The van der Waals surface area contributed by atoms with Crippen LogP contribution >= 0.6 is 0 Å². The van der Waals surface area contributed by atoms with Crippen LogP contribution in [0.5, 0.6) is 0 Å². The SMILES string of the molecule is CC(C)(C)c1ccc2c(c1)=C1C(=Cc3ccc(-c4ccccc4)cc3)C(C(C)(C)C)C(=Cc3ccc(-c4ccccc4)cc3)C(C3=CC=CC3)=C1[C]=2[Zr+2].[Cl-].[Cl-]. The molecule has 0 nitrogen and oxygen atoms in total. The Balaban J connectivity index is 0.00000257. The van der Waals surface area contributed by atoms with Gasteiger partial charge in [0.2, 0.25) is 0 Å². The van der Waals surface area contributed by atoms with Gasteiger partial charge in [-0.25, -0.2) is 0 Å². The monoisotopic (exact) mass is 831 g/mol. The van der Waals surface area contributed by atoms with E-state index >= 15 is 0 Å². The van der Waals surface area contributed by atoms with E-state index in [1.54, 1.807) is 0 Å². The van der Waals surface area contributed by atoms with Crippen LogP contribution < -0.4 is 35.3 Å². The zero-order valence-electron chi connectivity index (χ0n) is 32.6. The summed E-state index contributed by atoms with van der Waals surface area (Å²) >= 11 is 1.45. The number of benzene rings is 5. The smallest absolute Gasteiger partial charge is 1.00 e. The van der Waals surface area contributed by atoms with E-state index in [4.69, 9.17) is 0 Å². The van der Waals surface area contributed by atoms with E-state index in [2.05, 4.69) is 199 Å². The second kappa shape index (κ2) is 16.2. The van der Waals surface area contributed by atoms with Crippen LogP contribution in [0.1, 0.15) is 64.7 Å². The molecule has 0 saturated carbocycles. The second-order valence-corrected chi connectivity index (χ2v) is 18.0. The van der Waals surface area contributed by atoms with Crippen molar-refractivity contribution in [1.29, 1.82) is 0 Å². The van der Waals surface area contributed by atoms with Crippen LogP contribution in [0, 0.1) is 11.3 Å². The van der Waals surface area contributed by atoms with Crippen molar-refractivity contribution in [3.8, 4) is 22.3 Å². The van der Waals surface area contributed by atoms with Gasteiger partial charge >= 0.3 is 321 Å². The molecule has 0 aliphatic heterocycles. The van der Waals surface area contributed by atoms with E-state index in [1.165, 1.54) is 111 Å². The Morgan fingerprint density at radius 3 is 1.49 bits per heavy atom. The van der Waals surface area contributed by atoms with Gasteiger partial charge in [0, 0.05) is 0 Å². The molecule has 0 aromatic heterocycles. The molecule has 1 atom stereocenters. The zero-order valence-corrected chi connectivity index (χ0v) is 36.5. The number of fused-ring (bicyclic) bond motifs is 2. The van der Waals surface area contributed by atoms with Crippen LogP contribution in [0.25, 0.3) is 43.3 Å². The summed E-state index contributed by atoms with van der Waals surface area (Å²) in [5.41, 5.74) is 17.4. The first-order chi connectivity index (χ1) is 25.5. The van der Waals surface area contributed by atoms with Gasteiger partial charge in [0.1, 0.15) is 0 Å². The van der Waals surface area contributed by atoms with Crippen molar-refractivity contribution < 1.29 is 49.5 Å². The molecular weight excluding hydrogens is 787 g/mol. The number of hydrogen-bond acceptors (Lipinski definition) is 0. The fourth-order valence-corrected chi connectivity index (χ4v) is 9.52. The average Bonchev–Trinajstić information content (AvgIpc) is 3.79. The molecule has 0 fully saturated rings. The molecule has 3 aliphatic carbocycles. The van der Waals surface area contributed by atoms with Crippen LogP contribution in [0.2, 0.25) is 0 Å². The fraction of sp³-hybridized carbons (Fsp3) is 0.192. The van der Waals surface area contributed by atoms with E-state index in [9.17, 15) is 0 Å². The molecule has 8 rings (SSSR count). The Hall–Kier alpha value is -4.00. The first kappa shape index (κ1) is 40.7. The van der Waals surface area contributed by atoms with Gasteiger partial charge in [-0.1, -0.05) is 12.1 Å². The third kappa shape index (κ3) is 8.00. The van der Waals surface area contributed by atoms with Gasteiger partial charge in [0.15, 0.2) is 0 Å². The van der Waals surface area contributed by atoms with Crippen molar-refractivity contribution in [2.45, 2.75) is 53.4 Å². The molecule has 5 aromatic rings. The van der Waals surface area contributed by atoms with Crippen molar-refractivity contribution in [1.82, 2.24) is 0 Å². The Morgan fingerprint density at radius 2 is 1.04 bits per heavy atom. The largest absolute Gasteiger partial charge is 1.00 e. The van der Waals surface area contributed by atoms with Crippen molar-refractivity contribution >= 4 is 21.0 Å². The van der Waals surface area contributed by atoms with Crippen molar-refractivity contribution in [3.63, 3.8) is 0 Å². The molecule has 55 heavy (non-hydrogen) atoms. The molecule has 0 amide bonds. The summed E-state index contributed by atoms with van der Waals surface area (Å²) in [5.74, 6) is 0.160. The molecule has 3 heteroatoms. The minimum absolute atomic E-state index is 0. The number of hydrogen-bond donors (Lipinski definition) is 0. The standard InChI is InChI=1S/C52H47.2ClH.Zr/c1-51(2,3)43-30-29-42-33-45-48(41-19-13-14-20-41)46(31-35-21-25-39(26-22-35)37-15-9-7-10-16-37)50(52(4,5)6)47(49(45)44(42)34-43)32-36-23-27-40(28-24-36)38-17-11-8-12-18-38;;;/h7-19,21-32,34,50H,20H2,1-6H3;2*1H;/q;;;+2/p-2. The van der Waals surface area contributed by atoms with Crippen molar-refractivity contribution in [3.05, 3.63) is 201 Å². The predicted octanol–water partition coefficient (Wildman–Crippen LogP) is 6.17. The minimum Gasteiger partial charge on any atom is -1.00 e. The first-order valence-corrected chi connectivity index (χ1v) is 20.2. The van der Waals surface area contributed by atoms with Crippen LogP contribution in [0.4, 0.5) is 0 Å². The molecule has 0 radical (unpaired) electrons. The molecule has 0 heterocycles. The maximum atomic E-state index is 2.52. The number of allylic oxidation sites excluding steroid dienone is 8. The zero-order chi connectivity index (χ0) is 36.9. The molecule has 0 saturated heterocycles. The fourth-order valence-electron chi connectivity index (χ4n) is 8.37. The Kier molecular flexibility index (Phi) is 12.0. The molecular formula is C52H47Cl2Zr. The quantitative estimate of drug-likeness (QED) is 0.199. The van der Waals surface area contributed by atoms with Crippen LogP contribution in [-0.4, -0.2) is 0 Å². The number of rotatable bonds is 5. The van der Waals surface area contributed by atoms with Crippen molar-refractivity contribution in [2.24, 2.45) is 11.3 Å². The summed E-state index contributed by atoms with van der Waals surface area (Å²) in [4.78, 5) is 0. The van der Waals surface area contributed by atoms with Crippen LogP contribution in [-0.2, 0) is 30.1 Å². The molecule has 273 valence electrons. The summed E-state index contributed by atoms with van der Waals surface area (Å²) in [5, 5.41) is 2.80. The van der Waals surface area contributed by atoms with Crippen molar-refractivity contribution in [2.75, 3.05) is 0 Å². The summed E-state index contributed by atoms with van der Waals surface area (Å²) in [7, 11) is 0. The maximum Gasteiger partial charge on any atom is -1.00 e. The van der Waals surface area contributed by atoms with E-state index in [1.807, 2.05) is 0 Å². The average molecular weight is 834 g/mol. The van der Waals surface area contributed by atoms with Gasteiger partial charge in [-0.2, -0.15) is 0 Å². The second-order valence-electron chi connectivity index (χ2n) is 16.8. The Labute approximate surface area is 355 Å². The molecule has 3 aliphatic rings. The van der Waals surface area contributed by atoms with Gasteiger partial charge < -0.3 is 24.8 Å². The van der Waals surface area contributed by atoms with Gasteiger partial charge in [-0.15, -0.1) is 0 Å².